The third-order valence-electron chi connectivity index (χ3n) is 2.91. The SMILES string of the molecule is Cc1cc(C(C)Nc2cc(Cl)c(F)c(Cl)c2)c(C)s1. The Morgan fingerprint density at radius 1 is 1.16 bits per heavy atom. The third-order valence-corrected chi connectivity index (χ3v) is 4.44. The van der Waals surface area contributed by atoms with Gasteiger partial charge in [0.15, 0.2) is 5.82 Å². The minimum absolute atomic E-state index is 0.0282. The quantitative estimate of drug-likeness (QED) is 0.686. The van der Waals surface area contributed by atoms with Gasteiger partial charge in [-0.1, -0.05) is 23.2 Å². The summed E-state index contributed by atoms with van der Waals surface area (Å²) in [4.78, 5) is 2.55. The van der Waals surface area contributed by atoms with Crippen molar-refractivity contribution in [3.05, 3.63) is 49.4 Å². The zero-order chi connectivity index (χ0) is 14.2. The molecule has 1 atom stereocenters. The van der Waals surface area contributed by atoms with Gasteiger partial charge in [0.25, 0.3) is 0 Å². The first-order chi connectivity index (χ1) is 8.88. The molecule has 0 fully saturated rings. The summed E-state index contributed by atoms with van der Waals surface area (Å²) in [7, 11) is 0. The molecule has 1 unspecified atom stereocenters. The van der Waals surface area contributed by atoms with E-state index in [0.717, 1.165) is 0 Å². The Bertz CT molecular complexity index is 586. The molecule has 0 spiro atoms. The molecule has 1 aromatic heterocycles. The van der Waals surface area contributed by atoms with Crippen LogP contribution in [0.4, 0.5) is 10.1 Å². The van der Waals surface area contributed by atoms with Crippen molar-refractivity contribution in [3.63, 3.8) is 0 Å². The van der Waals surface area contributed by atoms with E-state index in [1.165, 1.54) is 15.3 Å². The molecular formula is C14H14Cl2FNS. The number of halogens is 3. The van der Waals surface area contributed by atoms with Crippen LogP contribution in [0, 0.1) is 19.7 Å². The Morgan fingerprint density at radius 2 is 1.74 bits per heavy atom. The highest BCUT2D eigenvalue weighted by Crippen LogP contribution is 2.32. The average Bonchev–Trinajstić information content (AvgIpc) is 2.65. The Balaban J connectivity index is 2.24. The Hall–Kier alpha value is -0.770. The van der Waals surface area contributed by atoms with Gasteiger partial charge in [0.2, 0.25) is 0 Å². The van der Waals surface area contributed by atoms with Gasteiger partial charge >= 0.3 is 0 Å². The van der Waals surface area contributed by atoms with Crippen molar-refractivity contribution >= 4 is 40.2 Å². The minimum Gasteiger partial charge on any atom is -0.378 e. The monoisotopic (exact) mass is 317 g/mol. The molecule has 0 bridgehead atoms. The van der Waals surface area contributed by atoms with Crippen LogP contribution in [0.2, 0.25) is 10.0 Å². The van der Waals surface area contributed by atoms with Crippen molar-refractivity contribution in [2.24, 2.45) is 0 Å². The Labute approximate surface area is 126 Å². The summed E-state index contributed by atoms with van der Waals surface area (Å²) >= 11 is 13.3. The molecule has 0 aliphatic heterocycles. The van der Waals surface area contributed by atoms with Crippen LogP contribution in [-0.2, 0) is 0 Å². The molecule has 0 aliphatic carbocycles. The molecule has 2 aromatic rings. The molecule has 1 N–H and O–H groups in total. The second kappa shape index (κ2) is 5.70. The lowest BCUT2D eigenvalue weighted by Crippen LogP contribution is -2.07. The predicted molar refractivity (Wildman–Crippen MR) is 82.3 cm³/mol. The highest BCUT2D eigenvalue weighted by atomic mass is 35.5. The zero-order valence-corrected chi connectivity index (χ0v) is 13.2. The molecule has 1 heterocycles. The molecule has 2 rings (SSSR count). The number of aryl methyl sites for hydroxylation is 2. The van der Waals surface area contributed by atoms with Crippen LogP contribution in [0.15, 0.2) is 18.2 Å². The number of benzene rings is 1. The van der Waals surface area contributed by atoms with Crippen LogP contribution in [0.1, 0.15) is 28.3 Å². The first-order valence-electron chi connectivity index (χ1n) is 5.86. The summed E-state index contributed by atoms with van der Waals surface area (Å²) in [6.07, 6.45) is 0. The summed E-state index contributed by atoms with van der Waals surface area (Å²) < 4.78 is 13.3. The molecule has 1 nitrogen and oxygen atoms in total. The van der Waals surface area contributed by atoms with Gasteiger partial charge in [0.1, 0.15) is 0 Å². The van der Waals surface area contributed by atoms with Gasteiger partial charge in [-0.2, -0.15) is 0 Å². The number of anilines is 1. The van der Waals surface area contributed by atoms with Crippen LogP contribution in [0.3, 0.4) is 0 Å². The smallest absolute Gasteiger partial charge is 0.160 e. The number of hydrogen-bond acceptors (Lipinski definition) is 2. The first-order valence-corrected chi connectivity index (χ1v) is 7.43. The fraction of sp³-hybridized carbons (Fsp3) is 0.286. The van der Waals surface area contributed by atoms with Crippen LogP contribution in [0.25, 0.3) is 0 Å². The number of hydrogen-bond donors (Lipinski definition) is 1. The Morgan fingerprint density at radius 3 is 2.21 bits per heavy atom. The molecule has 0 aliphatic rings. The van der Waals surface area contributed by atoms with Gasteiger partial charge in [-0.3, -0.25) is 0 Å². The number of nitrogens with one attached hydrogen (secondary N) is 1. The van der Waals surface area contributed by atoms with Crippen LogP contribution >= 0.6 is 34.5 Å². The normalized spacial score (nSPS) is 12.5. The molecule has 5 heteroatoms. The largest absolute Gasteiger partial charge is 0.378 e. The number of thiophene rings is 1. The fourth-order valence-corrected chi connectivity index (χ4v) is 3.56. The van der Waals surface area contributed by atoms with Gasteiger partial charge in [0.05, 0.1) is 10.0 Å². The van der Waals surface area contributed by atoms with E-state index in [2.05, 4.69) is 32.2 Å². The van der Waals surface area contributed by atoms with Crippen LogP contribution in [-0.4, -0.2) is 0 Å². The molecule has 0 saturated carbocycles. The molecule has 1 aromatic carbocycles. The van der Waals surface area contributed by atoms with Gasteiger partial charge < -0.3 is 5.32 Å². The average molecular weight is 318 g/mol. The predicted octanol–water partition coefficient (Wildman–Crippen LogP) is 5.98. The summed E-state index contributed by atoms with van der Waals surface area (Å²) in [5.41, 5.74) is 1.95. The second-order valence-corrected chi connectivity index (χ2v) is 6.76. The molecule has 0 saturated heterocycles. The van der Waals surface area contributed by atoms with E-state index in [-0.39, 0.29) is 16.1 Å². The van der Waals surface area contributed by atoms with E-state index < -0.39 is 5.82 Å². The van der Waals surface area contributed by atoms with Gasteiger partial charge in [0, 0.05) is 21.5 Å². The highest BCUT2D eigenvalue weighted by molar-refractivity contribution is 7.12. The molecule has 0 amide bonds. The zero-order valence-electron chi connectivity index (χ0n) is 10.9. The van der Waals surface area contributed by atoms with Crippen molar-refractivity contribution in [1.29, 1.82) is 0 Å². The van der Waals surface area contributed by atoms with Crippen molar-refractivity contribution in [1.82, 2.24) is 0 Å². The lowest BCUT2D eigenvalue weighted by Gasteiger charge is -2.16. The molecule has 19 heavy (non-hydrogen) atoms. The van der Waals surface area contributed by atoms with Crippen molar-refractivity contribution < 1.29 is 4.39 Å². The standard InChI is InChI=1S/C14H14Cl2FNS/c1-7-4-11(9(3)19-7)8(2)18-10-5-12(15)14(17)13(16)6-10/h4-6,8,18H,1-3H3. The summed E-state index contributed by atoms with van der Waals surface area (Å²) in [5.74, 6) is -0.580. The van der Waals surface area contributed by atoms with E-state index in [1.54, 1.807) is 23.5 Å². The lowest BCUT2D eigenvalue weighted by atomic mass is 10.1. The van der Waals surface area contributed by atoms with Crippen molar-refractivity contribution in [2.75, 3.05) is 5.32 Å². The first kappa shape index (κ1) is 14.6. The van der Waals surface area contributed by atoms with Crippen LogP contribution in [0.5, 0.6) is 0 Å². The minimum atomic E-state index is -0.580. The van der Waals surface area contributed by atoms with E-state index in [0.29, 0.717) is 5.69 Å². The topological polar surface area (TPSA) is 12.0 Å². The van der Waals surface area contributed by atoms with E-state index in [4.69, 9.17) is 23.2 Å². The number of rotatable bonds is 3. The third kappa shape index (κ3) is 3.22. The van der Waals surface area contributed by atoms with E-state index in [9.17, 15) is 4.39 Å². The highest BCUT2D eigenvalue weighted by Gasteiger charge is 2.13. The maximum atomic E-state index is 13.3. The Kier molecular flexibility index (Phi) is 4.39. The summed E-state index contributed by atoms with van der Waals surface area (Å²) in [6, 6.07) is 5.37. The molecule has 0 radical (unpaired) electrons. The second-order valence-electron chi connectivity index (χ2n) is 4.49. The fourth-order valence-electron chi connectivity index (χ4n) is 2.05. The van der Waals surface area contributed by atoms with Gasteiger partial charge in [-0.15, -0.1) is 11.3 Å². The summed E-state index contributed by atoms with van der Waals surface area (Å²) in [6.45, 7) is 6.23. The van der Waals surface area contributed by atoms with E-state index >= 15 is 0 Å². The lowest BCUT2D eigenvalue weighted by molar-refractivity contribution is 0.628. The maximum Gasteiger partial charge on any atom is 0.160 e. The van der Waals surface area contributed by atoms with Gasteiger partial charge in [-0.25, -0.2) is 4.39 Å². The molecule has 102 valence electrons. The van der Waals surface area contributed by atoms with Crippen molar-refractivity contribution in [2.45, 2.75) is 26.8 Å². The van der Waals surface area contributed by atoms with Crippen molar-refractivity contribution in [3.8, 4) is 0 Å². The summed E-state index contributed by atoms with van der Waals surface area (Å²) in [5, 5.41) is 3.35. The maximum absolute atomic E-state index is 13.3. The molecular weight excluding hydrogens is 304 g/mol. The van der Waals surface area contributed by atoms with Crippen LogP contribution < -0.4 is 5.32 Å². The van der Waals surface area contributed by atoms with E-state index in [1.807, 2.05) is 0 Å². The van der Waals surface area contributed by atoms with Gasteiger partial charge in [-0.05, 0) is 44.5 Å².